The highest BCUT2D eigenvalue weighted by Crippen LogP contribution is 2.57. The van der Waals surface area contributed by atoms with Crippen molar-refractivity contribution in [2.75, 3.05) is 11.9 Å². The molecule has 0 saturated heterocycles. The molecule has 0 aliphatic heterocycles. The van der Waals surface area contributed by atoms with E-state index < -0.39 is 23.8 Å². The molecule has 2 bridgehead atoms. The molecule has 144 valence electrons. The Bertz CT molecular complexity index is 791. The molecule has 3 rings (SSSR count). The van der Waals surface area contributed by atoms with Crippen molar-refractivity contribution in [2.45, 2.75) is 33.6 Å². The number of nitrogens with one attached hydrogen (secondary N) is 1. The molecule has 2 saturated carbocycles. The van der Waals surface area contributed by atoms with Crippen molar-refractivity contribution in [2.24, 2.45) is 23.7 Å². The molecule has 0 heterocycles. The average molecular weight is 371 g/mol. The summed E-state index contributed by atoms with van der Waals surface area (Å²) in [7, 11) is 0. The SMILES string of the molecule is CCOC(=O)c1ccc(NC(=O)C2C3CCC(C3=C(C)C)C2C(=O)O)cc1. The van der Waals surface area contributed by atoms with Gasteiger partial charge in [-0.2, -0.15) is 0 Å². The predicted molar refractivity (Wildman–Crippen MR) is 100 cm³/mol. The minimum Gasteiger partial charge on any atom is -0.481 e. The second-order valence-corrected chi connectivity index (χ2v) is 7.42. The molecule has 2 fully saturated rings. The first-order valence-corrected chi connectivity index (χ1v) is 9.33. The summed E-state index contributed by atoms with van der Waals surface area (Å²) in [5.74, 6) is -2.86. The number of hydrogen-bond acceptors (Lipinski definition) is 4. The van der Waals surface area contributed by atoms with E-state index in [0.29, 0.717) is 17.9 Å². The highest BCUT2D eigenvalue weighted by Gasteiger charge is 2.57. The number of aliphatic carboxylic acids is 1. The number of hydrogen-bond donors (Lipinski definition) is 2. The molecule has 4 unspecified atom stereocenters. The monoisotopic (exact) mass is 371 g/mol. The number of allylic oxidation sites excluding steroid dienone is 2. The van der Waals surface area contributed by atoms with Crippen LogP contribution in [0.4, 0.5) is 5.69 Å². The smallest absolute Gasteiger partial charge is 0.338 e. The van der Waals surface area contributed by atoms with Gasteiger partial charge in [0.05, 0.1) is 24.0 Å². The van der Waals surface area contributed by atoms with Gasteiger partial charge in [-0.05, 0) is 69.7 Å². The standard InChI is InChI=1S/C21H25NO5/c1-4-27-21(26)12-5-7-13(8-6-12)22-19(23)17-14-9-10-15(16(14)11(2)3)18(17)20(24)25/h5-8,14-15,17-18H,4,9-10H2,1-3H3,(H,22,23)(H,24,25). The van der Waals surface area contributed by atoms with Crippen LogP contribution in [-0.4, -0.2) is 29.6 Å². The summed E-state index contributed by atoms with van der Waals surface area (Å²) in [5.41, 5.74) is 3.23. The maximum absolute atomic E-state index is 12.9. The first kappa shape index (κ1) is 19.1. The minimum absolute atomic E-state index is 0.0000878. The molecule has 0 spiro atoms. The fourth-order valence-electron chi connectivity index (χ4n) is 4.73. The highest BCUT2D eigenvalue weighted by molar-refractivity contribution is 5.97. The molecular weight excluding hydrogens is 346 g/mol. The van der Waals surface area contributed by atoms with Crippen LogP contribution in [0.15, 0.2) is 35.4 Å². The molecule has 2 aliphatic rings. The average Bonchev–Trinajstić information content (AvgIpc) is 3.18. The number of carboxylic acids is 1. The number of esters is 1. The quantitative estimate of drug-likeness (QED) is 0.610. The Kier molecular flexibility index (Phi) is 5.35. The van der Waals surface area contributed by atoms with Crippen molar-refractivity contribution in [3.05, 3.63) is 41.0 Å². The van der Waals surface area contributed by atoms with E-state index >= 15 is 0 Å². The van der Waals surface area contributed by atoms with Crippen molar-refractivity contribution in [3.63, 3.8) is 0 Å². The van der Waals surface area contributed by atoms with Gasteiger partial charge in [-0.3, -0.25) is 9.59 Å². The predicted octanol–water partition coefficient (Wildman–Crippen LogP) is 3.50. The first-order valence-electron chi connectivity index (χ1n) is 9.33. The molecule has 27 heavy (non-hydrogen) atoms. The van der Waals surface area contributed by atoms with Gasteiger partial charge in [-0.25, -0.2) is 4.79 Å². The number of fused-ring (bicyclic) bond motifs is 2. The van der Waals surface area contributed by atoms with E-state index in [2.05, 4.69) is 5.32 Å². The number of carbonyl (C=O) groups excluding carboxylic acids is 2. The van der Waals surface area contributed by atoms with Crippen LogP contribution >= 0.6 is 0 Å². The largest absolute Gasteiger partial charge is 0.481 e. The van der Waals surface area contributed by atoms with Gasteiger partial charge >= 0.3 is 11.9 Å². The van der Waals surface area contributed by atoms with Crippen LogP contribution in [0.2, 0.25) is 0 Å². The Morgan fingerprint density at radius 2 is 1.67 bits per heavy atom. The van der Waals surface area contributed by atoms with Gasteiger partial charge in [0.2, 0.25) is 5.91 Å². The molecule has 0 radical (unpaired) electrons. The fraction of sp³-hybridized carbons (Fsp3) is 0.476. The zero-order valence-electron chi connectivity index (χ0n) is 15.8. The van der Waals surface area contributed by atoms with E-state index in [0.717, 1.165) is 24.0 Å². The Labute approximate surface area is 158 Å². The third kappa shape index (κ3) is 3.48. The molecule has 1 aromatic carbocycles. The van der Waals surface area contributed by atoms with Gasteiger partial charge in [-0.15, -0.1) is 0 Å². The number of carbonyl (C=O) groups is 3. The number of amides is 1. The zero-order chi connectivity index (χ0) is 19.7. The van der Waals surface area contributed by atoms with E-state index in [1.165, 1.54) is 0 Å². The van der Waals surface area contributed by atoms with Gasteiger partial charge in [0.1, 0.15) is 0 Å². The summed E-state index contributed by atoms with van der Waals surface area (Å²) in [4.78, 5) is 36.5. The van der Waals surface area contributed by atoms with Crippen LogP contribution in [0.1, 0.15) is 44.0 Å². The summed E-state index contributed by atoms with van der Waals surface area (Å²) < 4.78 is 4.94. The third-order valence-corrected chi connectivity index (χ3v) is 5.67. The summed E-state index contributed by atoms with van der Waals surface area (Å²) >= 11 is 0. The van der Waals surface area contributed by atoms with Crippen molar-refractivity contribution in [3.8, 4) is 0 Å². The van der Waals surface area contributed by atoms with Gasteiger partial charge in [0, 0.05) is 5.69 Å². The summed E-state index contributed by atoms with van der Waals surface area (Å²) in [6.07, 6.45) is 1.69. The van der Waals surface area contributed by atoms with E-state index in [4.69, 9.17) is 4.74 Å². The normalized spacial score (nSPS) is 26.0. The zero-order valence-corrected chi connectivity index (χ0v) is 15.8. The molecular formula is C21H25NO5. The van der Waals surface area contributed by atoms with Crippen molar-refractivity contribution < 1.29 is 24.2 Å². The van der Waals surface area contributed by atoms with Crippen LogP contribution in [-0.2, 0) is 14.3 Å². The second-order valence-electron chi connectivity index (χ2n) is 7.42. The second kappa shape index (κ2) is 7.55. The van der Waals surface area contributed by atoms with E-state index in [-0.39, 0.29) is 17.7 Å². The number of ether oxygens (including phenoxy) is 1. The molecule has 6 heteroatoms. The lowest BCUT2D eigenvalue weighted by atomic mass is 9.78. The molecule has 2 aliphatic carbocycles. The van der Waals surface area contributed by atoms with Crippen LogP contribution in [0.5, 0.6) is 0 Å². The summed E-state index contributed by atoms with van der Waals surface area (Å²) in [5, 5.41) is 12.5. The number of anilines is 1. The molecule has 0 aromatic heterocycles. The summed E-state index contributed by atoms with van der Waals surface area (Å²) in [6, 6.07) is 6.44. The summed E-state index contributed by atoms with van der Waals surface area (Å²) in [6.45, 7) is 6.02. The van der Waals surface area contributed by atoms with Gasteiger partial charge in [0.25, 0.3) is 0 Å². The van der Waals surface area contributed by atoms with E-state index in [1.807, 2.05) is 13.8 Å². The first-order chi connectivity index (χ1) is 12.8. The number of benzene rings is 1. The molecule has 2 N–H and O–H groups in total. The molecule has 1 aromatic rings. The van der Waals surface area contributed by atoms with E-state index in [9.17, 15) is 19.5 Å². The van der Waals surface area contributed by atoms with Crippen LogP contribution < -0.4 is 5.32 Å². The Morgan fingerprint density at radius 3 is 2.19 bits per heavy atom. The lowest BCUT2D eigenvalue weighted by Gasteiger charge is -2.26. The highest BCUT2D eigenvalue weighted by atomic mass is 16.5. The molecule has 4 atom stereocenters. The van der Waals surface area contributed by atoms with Gasteiger partial charge in [-0.1, -0.05) is 11.1 Å². The molecule has 1 amide bonds. The van der Waals surface area contributed by atoms with E-state index in [1.54, 1.807) is 31.2 Å². The van der Waals surface area contributed by atoms with Gasteiger partial charge in [0.15, 0.2) is 0 Å². The van der Waals surface area contributed by atoms with Crippen LogP contribution in [0.3, 0.4) is 0 Å². The van der Waals surface area contributed by atoms with Gasteiger partial charge < -0.3 is 15.2 Å². The minimum atomic E-state index is -0.904. The van der Waals surface area contributed by atoms with Crippen molar-refractivity contribution in [1.82, 2.24) is 0 Å². The maximum Gasteiger partial charge on any atom is 0.338 e. The molecule has 6 nitrogen and oxygen atoms in total. The van der Waals surface area contributed by atoms with Crippen LogP contribution in [0.25, 0.3) is 0 Å². The van der Waals surface area contributed by atoms with Crippen molar-refractivity contribution >= 4 is 23.5 Å². The fourth-order valence-corrected chi connectivity index (χ4v) is 4.73. The third-order valence-electron chi connectivity index (χ3n) is 5.67. The Morgan fingerprint density at radius 1 is 1.07 bits per heavy atom. The maximum atomic E-state index is 12.9. The topological polar surface area (TPSA) is 92.7 Å². The Balaban J connectivity index is 1.78. The van der Waals surface area contributed by atoms with Crippen LogP contribution in [0, 0.1) is 23.7 Å². The lowest BCUT2D eigenvalue weighted by Crippen LogP contribution is -2.37. The van der Waals surface area contributed by atoms with Crippen molar-refractivity contribution in [1.29, 1.82) is 0 Å². The number of carboxylic acid groups (broad SMARTS) is 1. The Hall–Kier alpha value is -2.63. The number of rotatable bonds is 5. The lowest BCUT2D eigenvalue weighted by molar-refractivity contribution is -0.148.